The Morgan fingerprint density at radius 1 is 1.04 bits per heavy atom. The highest BCUT2D eigenvalue weighted by atomic mass is 16.2. The predicted molar refractivity (Wildman–Crippen MR) is 115 cm³/mol. The van der Waals surface area contributed by atoms with Crippen molar-refractivity contribution in [2.24, 2.45) is 0 Å². The maximum atomic E-state index is 13.2. The molecule has 0 spiro atoms. The lowest BCUT2D eigenvalue weighted by atomic mass is 10.1. The van der Waals surface area contributed by atoms with Crippen molar-refractivity contribution in [3.05, 3.63) is 89.2 Å². The number of rotatable bonds is 6. The van der Waals surface area contributed by atoms with Crippen LogP contribution >= 0.6 is 0 Å². The number of carbonyl (C=O) groups is 1. The van der Waals surface area contributed by atoms with E-state index in [-0.39, 0.29) is 11.9 Å². The van der Waals surface area contributed by atoms with E-state index in [1.165, 1.54) is 5.56 Å². The van der Waals surface area contributed by atoms with Crippen LogP contribution in [0.5, 0.6) is 0 Å². The first-order chi connectivity index (χ1) is 13.4. The third-order valence-electron chi connectivity index (χ3n) is 4.74. The molecule has 28 heavy (non-hydrogen) atoms. The first-order valence-corrected chi connectivity index (χ1v) is 9.58. The Bertz CT molecular complexity index is 951. The second-order valence-corrected chi connectivity index (χ2v) is 7.42. The zero-order valence-electron chi connectivity index (χ0n) is 16.9. The maximum absolute atomic E-state index is 13.2. The smallest absolute Gasteiger partial charge is 0.256 e. The van der Waals surface area contributed by atoms with Gasteiger partial charge in [-0.3, -0.25) is 9.78 Å². The second-order valence-electron chi connectivity index (χ2n) is 7.42. The van der Waals surface area contributed by atoms with Gasteiger partial charge in [-0.2, -0.15) is 0 Å². The molecule has 4 nitrogen and oxygen atoms in total. The quantitative estimate of drug-likeness (QED) is 0.621. The summed E-state index contributed by atoms with van der Waals surface area (Å²) in [6.45, 7) is 8.77. The van der Waals surface area contributed by atoms with Crippen LogP contribution in [0.25, 0.3) is 0 Å². The minimum atomic E-state index is -0.0176. The fourth-order valence-corrected chi connectivity index (χ4v) is 3.09. The van der Waals surface area contributed by atoms with E-state index >= 15 is 0 Å². The standard InChI is InChI=1S/C24H27N3O/c1-17(2)27(16-20-8-6-5-7-9-20)24(28)21-13-22(15-25-14-21)26-23-12-18(3)10-11-19(23)4/h5-15,17,26H,16H2,1-4H3. The van der Waals surface area contributed by atoms with Gasteiger partial charge in [0.2, 0.25) is 0 Å². The zero-order chi connectivity index (χ0) is 20.1. The number of benzene rings is 2. The van der Waals surface area contributed by atoms with Gasteiger partial charge in [-0.05, 0) is 56.5 Å². The fourth-order valence-electron chi connectivity index (χ4n) is 3.09. The van der Waals surface area contributed by atoms with Crippen LogP contribution < -0.4 is 5.32 Å². The number of hydrogen-bond donors (Lipinski definition) is 1. The molecular formula is C24H27N3O. The summed E-state index contributed by atoms with van der Waals surface area (Å²) in [5.74, 6) is -0.0176. The van der Waals surface area contributed by atoms with Gasteiger partial charge in [-0.25, -0.2) is 0 Å². The highest BCUT2D eigenvalue weighted by Crippen LogP contribution is 2.23. The van der Waals surface area contributed by atoms with Gasteiger partial charge in [0.15, 0.2) is 0 Å². The van der Waals surface area contributed by atoms with Gasteiger partial charge < -0.3 is 10.2 Å². The Morgan fingerprint density at radius 2 is 1.79 bits per heavy atom. The summed E-state index contributed by atoms with van der Waals surface area (Å²) < 4.78 is 0. The monoisotopic (exact) mass is 373 g/mol. The molecular weight excluding hydrogens is 346 g/mol. The molecule has 0 bridgehead atoms. The van der Waals surface area contributed by atoms with Gasteiger partial charge in [0.05, 0.1) is 17.4 Å². The molecule has 3 rings (SSSR count). The number of hydrogen-bond acceptors (Lipinski definition) is 3. The summed E-state index contributed by atoms with van der Waals surface area (Å²) in [5, 5.41) is 3.39. The average molecular weight is 374 g/mol. The molecule has 0 aliphatic rings. The van der Waals surface area contributed by atoms with Crippen molar-refractivity contribution >= 4 is 17.3 Å². The summed E-state index contributed by atoms with van der Waals surface area (Å²) in [5.41, 5.74) is 5.86. The molecule has 0 atom stereocenters. The number of carbonyl (C=O) groups excluding carboxylic acids is 1. The van der Waals surface area contributed by atoms with Crippen LogP contribution in [0, 0.1) is 13.8 Å². The molecule has 144 valence electrons. The van der Waals surface area contributed by atoms with Gasteiger partial charge in [0.1, 0.15) is 0 Å². The van der Waals surface area contributed by atoms with Crippen molar-refractivity contribution in [3.8, 4) is 0 Å². The Hall–Kier alpha value is -3.14. The van der Waals surface area contributed by atoms with E-state index < -0.39 is 0 Å². The zero-order valence-corrected chi connectivity index (χ0v) is 16.9. The number of nitrogens with zero attached hydrogens (tertiary/aromatic N) is 2. The SMILES string of the molecule is Cc1ccc(C)c(Nc2cncc(C(=O)N(Cc3ccccc3)C(C)C)c2)c1. The molecule has 0 fully saturated rings. The highest BCUT2D eigenvalue weighted by Gasteiger charge is 2.20. The molecule has 1 amide bonds. The minimum Gasteiger partial charge on any atom is -0.354 e. The van der Waals surface area contributed by atoms with Crippen molar-refractivity contribution < 1.29 is 4.79 Å². The third kappa shape index (κ3) is 4.77. The summed E-state index contributed by atoms with van der Waals surface area (Å²) in [6, 6.07) is 18.3. The number of aromatic nitrogens is 1. The normalized spacial score (nSPS) is 10.8. The number of aryl methyl sites for hydroxylation is 2. The van der Waals surface area contributed by atoms with Crippen LogP contribution in [0.1, 0.15) is 40.9 Å². The van der Waals surface area contributed by atoms with Crippen molar-refractivity contribution in [3.63, 3.8) is 0 Å². The number of nitrogens with one attached hydrogen (secondary N) is 1. The maximum Gasteiger partial charge on any atom is 0.256 e. The van der Waals surface area contributed by atoms with Crippen molar-refractivity contribution in [2.75, 3.05) is 5.32 Å². The first kappa shape index (κ1) is 19.6. The van der Waals surface area contributed by atoms with Crippen molar-refractivity contribution in [2.45, 2.75) is 40.3 Å². The van der Waals surface area contributed by atoms with Gasteiger partial charge in [0, 0.05) is 24.5 Å². The fraction of sp³-hybridized carbons (Fsp3) is 0.250. The van der Waals surface area contributed by atoms with E-state index in [0.29, 0.717) is 12.1 Å². The van der Waals surface area contributed by atoms with E-state index in [1.54, 1.807) is 12.4 Å². The lowest BCUT2D eigenvalue weighted by Gasteiger charge is -2.27. The molecule has 0 saturated heterocycles. The predicted octanol–water partition coefficient (Wildman–Crippen LogP) is 5.49. The first-order valence-electron chi connectivity index (χ1n) is 9.58. The van der Waals surface area contributed by atoms with E-state index in [0.717, 1.165) is 22.5 Å². The number of amides is 1. The molecule has 3 aromatic rings. The van der Waals surface area contributed by atoms with Crippen LogP contribution in [0.15, 0.2) is 67.0 Å². The molecule has 1 heterocycles. The van der Waals surface area contributed by atoms with Crippen LogP contribution in [0.3, 0.4) is 0 Å². The molecule has 1 N–H and O–H groups in total. The molecule has 0 aliphatic carbocycles. The third-order valence-corrected chi connectivity index (χ3v) is 4.74. The van der Waals surface area contributed by atoms with Crippen molar-refractivity contribution in [1.29, 1.82) is 0 Å². The average Bonchev–Trinajstić information content (AvgIpc) is 2.69. The minimum absolute atomic E-state index is 0.0176. The van der Waals surface area contributed by atoms with Crippen LogP contribution in [0.4, 0.5) is 11.4 Å². The second kappa shape index (κ2) is 8.70. The number of pyridine rings is 1. The Morgan fingerprint density at radius 3 is 2.50 bits per heavy atom. The molecule has 1 aromatic heterocycles. The lowest BCUT2D eigenvalue weighted by Crippen LogP contribution is -2.36. The van der Waals surface area contributed by atoms with Crippen LogP contribution in [-0.2, 0) is 6.54 Å². The van der Waals surface area contributed by atoms with Crippen LogP contribution in [0.2, 0.25) is 0 Å². The van der Waals surface area contributed by atoms with Gasteiger partial charge in [0.25, 0.3) is 5.91 Å². The van der Waals surface area contributed by atoms with E-state index in [2.05, 4.69) is 42.3 Å². The Balaban J connectivity index is 1.83. The van der Waals surface area contributed by atoms with Crippen molar-refractivity contribution in [1.82, 2.24) is 9.88 Å². The highest BCUT2D eigenvalue weighted by molar-refractivity contribution is 5.95. The Kier molecular flexibility index (Phi) is 6.09. The summed E-state index contributed by atoms with van der Waals surface area (Å²) in [6.07, 6.45) is 3.38. The van der Waals surface area contributed by atoms with Gasteiger partial charge >= 0.3 is 0 Å². The molecule has 4 heteroatoms. The molecule has 0 unspecified atom stereocenters. The largest absolute Gasteiger partial charge is 0.354 e. The Labute approximate surface area is 167 Å². The topological polar surface area (TPSA) is 45.2 Å². The summed E-state index contributed by atoms with van der Waals surface area (Å²) >= 11 is 0. The summed E-state index contributed by atoms with van der Waals surface area (Å²) in [7, 11) is 0. The molecule has 2 aromatic carbocycles. The summed E-state index contributed by atoms with van der Waals surface area (Å²) in [4.78, 5) is 19.3. The number of anilines is 2. The van der Waals surface area contributed by atoms with Gasteiger partial charge in [-0.15, -0.1) is 0 Å². The van der Waals surface area contributed by atoms with Crippen LogP contribution in [-0.4, -0.2) is 21.8 Å². The van der Waals surface area contributed by atoms with E-state index in [9.17, 15) is 4.79 Å². The molecule has 0 radical (unpaired) electrons. The lowest BCUT2D eigenvalue weighted by molar-refractivity contribution is 0.0690. The van der Waals surface area contributed by atoms with Gasteiger partial charge in [-0.1, -0.05) is 42.5 Å². The van der Waals surface area contributed by atoms with E-state index in [4.69, 9.17) is 0 Å². The molecule has 0 saturated carbocycles. The molecule has 0 aliphatic heterocycles. The van der Waals surface area contributed by atoms with E-state index in [1.807, 2.05) is 55.1 Å².